The normalized spacial score (nSPS) is 16.4. The summed E-state index contributed by atoms with van der Waals surface area (Å²) in [6.45, 7) is 5.76. The molecule has 27 heavy (non-hydrogen) atoms. The minimum Gasteiger partial charge on any atom is -0.466 e. The fourth-order valence-electron chi connectivity index (χ4n) is 2.97. The number of urea groups is 1. The Morgan fingerprint density at radius 2 is 1.63 bits per heavy atom. The molecule has 0 aliphatic carbocycles. The minimum absolute atomic E-state index is 0.361. The van der Waals surface area contributed by atoms with Crippen LogP contribution in [-0.4, -0.2) is 19.1 Å². The van der Waals surface area contributed by atoms with Crippen LogP contribution in [0.4, 0.5) is 4.79 Å². The number of hydrogen-bond donors (Lipinski definition) is 2. The molecule has 1 aliphatic heterocycles. The molecule has 1 unspecified atom stereocenters. The van der Waals surface area contributed by atoms with Gasteiger partial charge in [-0.1, -0.05) is 18.2 Å². The van der Waals surface area contributed by atoms with Gasteiger partial charge in [0.15, 0.2) is 0 Å². The number of benzene rings is 2. The molecule has 6 heteroatoms. The third-order valence-corrected chi connectivity index (χ3v) is 4.60. The molecule has 0 bridgehead atoms. The summed E-state index contributed by atoms with van der Waals surface area (Å²) in [5.74, 6) is 0.940. The summed E-state index contributed by atoms with van der Waals surface area (Å²) in [4.78, 5) is 24.0. The van der Waals surface area contributed by atoms with Gasteiger partial charge in [-0.25, -0.2) is 9.59 Å². The third kappa shape index (κ3) is 3.95. The van der Waals surface area contributed by atoms with Gasteiger partial charge in [-0.15, -0.1) is 0 Å². The number of hydrogen-bond acceptors (Lipinski definition) is 4. The van der Waals surface area contributed by atoms with E-state index in [1.165, 1.54) is 12.7 Å². The Morgan fingerprint density at radius 1 is 0.963 bits per heavy atom. The SMILES string of the molecule is COC(=O)C1=C(C)NC(=O)NC1c1ccc(Oc2ccc(C)c(C)c2)cc1. The van der Waals surface area contributed by atoms with Crippen LogP contribution in [0.15, 0.2) is 53.7 Å². The molecule has 0 spiro atoms. The first-order chi connectivity index (χ1) is 12.9. The Kier molecular flexibility index (Phi) is 5.16. The van der Waals surface area contributed by atoms with Gasteiger partial charge >= 0.3 is 12.0 Å². The van der Waals surface area contributed by atoms with Crippen molar-refractivity contribution in [3.8, 4) is 11.5 Å². The number of carbonyl (C=O) groups excluding carboxylic acids is 2. The van der Waals surface area contributed by atoms with Gasteiger partial charge in [-0.3, -0.25) is 0 Å². The average Bonchev–Trinajstić information content (AvgIpc) is 2.64. The Labute approximate surface area is 158 Å². The van der Waals surface area contributed by atoms with E-state index in [4.69, 9.17) is 9.47 Å². The molecule has 0 saturated heterocycles. The quantitative estimate of drug-likeness (QED) is 0.805. The maximum atomic E-state index is 12.1. The molecule has 140 valence electrons. The molecule has 2 aromatic carbocycles. The van der Waals surface area contributed by atoms with Crippen molar-refractivity contribution >= 4 is 12.0 Å². The molecular formula is C21H22N2O4. The van der Waals surface area contributed by atoms with Crippen LogP contribution in [0, 0.1) is 13.8 Å². The van der Waals surface area contributed by atoms with Gasteiger partial charge in [0.2, 0.25) is 0 Å². The van der Waals surface area contributed by atoms with Crippen LogP contribution >= 0.6 is 0 Å². The van der Waals surface area contributed by atoms with Gasteiger partial charge < -0.3 is 20.1 Å². The first-order valence-electron chi connectivity index (χ1n) is 8.60. The summed E-state index contributed by atoms with van der Waals surface area (Å²) in [5.41, 5.74) is 3.98. The number of nitrogens with one attached hydrogen (secondary N) is 2. The molecule has 2 amide bonds. The Hall–Kier alpha value is -3.28. The van der Waals surface area contributed by atoms with Crippen molar-refractivity contribution in [3.63, 3.8) is 0 Å². The number of ether oxygens (including phenoxy) is 2. The number of aryl methyl sites for hydroxylation is 2. The molecule has 0 fully saturated rings. The summed E-state index contributed by atoms with van der Waals surface area (Å²) in [5, 5.41) is 5.36. The van der Waals surface area contributed by atoms with E-state index in [0.717, 1.165) is 16.9 Å². The fraction of sp³-hybridized carbons (Fsp3) is 0.238. The molecule has 2 aromatic rings. The summed E-state index contributed by atoms with van der Waals surface area (Å²) in [7, 11) is 1.32. The van der Waals surface area contributed by atoms with E-state index in [2.05, 4.69) is 17.6 Å². The van der Waals surface area contributed by atoms with Crippen molar-refractivity contribution in [3.05, 3.63) is 70.4 Å². The lowest BCUT2D eigenvalue weighted by Crippen LogP contribution is -2.45. The monoisotopic (exact) mass is 366 g/mol. The fourth-order valence-corrected chi connectivity index (χ4v) is 2.97. The van der Waals surface area contributed by atoms with Crippen LogP contribution in [0.3, 0.4) is 0 Å². The predicted octanol–water partition coefficient (Wildman–Crippen LogP) is 3.90. The molecule has 1 heterocycles. The molecule has 1 aliphatic rings. The number of methoxy groups -OCH3 is 1. The smallest absolute Gasteiger partial charge is 0.337 e. The van der Waals surface area contributed by atoms with E-state index >= 15 is 0 Å². The number of rotatable bonds is 4. The third-order valence-electron chi connectivity index (χ3n) is 4.60. The van der Waals surface area contributed by atoms with Gasteiger partial charge in [0.1, 0.15) is 11.5 Å². The maximum Gasteiger partial charge on any atom is 0.337 e. The number of esters is 1. The second kappa shape index (κ2) is 7.53. The number of amides is 2. The summed E-state index contributed by atoms with van der Waals surface area (Å²) >= 11 is 0. The predicted molar refractivity (Wildman–Crippen MR) is 102 cm³/mol. The zero-order valence-electron chi connectivity index (χ0n) is 15.8. The average molecular weight is 366 g/mol. The molecule has 6 nitrogen and oxygen atoms in total. The molecule has 0 aromatic heterocycles. The number of allylic oxidation sites excluding steroid dienone is 1. The van der Waals surface area contributed by atoms with E-state index in [1.54, 1.807) is 6.92 Å². The lowest BCUT2D eigenvalue weighted by atomic mass is 9.95. The Bertz CT molecular complexity index is 916. The highest BCUT2D eigenvalue weighted by Crippen LogP contribution is 2.30. The van der Waals surface area contributed by atoms with Crippen molar-refractivity contribution in [2.75, 3.05) is 7.11 Å². The second-order valence-corrected chi connectivity index (χ2v) is 6.48. The number of carbonyl (C=O) groups is 2. The van der Waals surface area contributed by atoms with Crippen LogP contribution in [-0.2, 0) is 9.53 Å². The van der Waals surface area contributed by atoms with E-state index < -0.39 is 12.0 Å². The van der Waals surface area contributed by atoms with E-state index in [1.807, 2.05) is 49.4 Å². The molecule has 0 radical (unpaired) electrons. The highest BCUT2D eigenvalue weighted by molar-refractivity contribution is 5.94. The molecule has 1 atom stereocenters. The first kappa shape index (κ1) is 18.5. The minimum atomic E-state index is -0.582. The van der Waals surface area contributed by atoms with Crippen LogP contribution in [0.1, 0.15) is 29.7 Å². The van der Waals surface area contributed by atoms with Crippen LogP contribution in [0.2, 0.25) is 0 Å². The van der Waals surface area contributed by atoms with Crippen molar-refractivity contribution < 1.29 is 19.1 Å². The summed E-state index contributed by atoms with van der Waals surface area (Å²) in [6.07, 6.45) is 0. The van der Waals surface area contributed by atoms with Crippen molar-refractivity contribution in [2.24, 2.45) is 0 Å². The first-order valence-corrected chi connectivity index (χ1v) is 8.60. The largest absolute Gasteiger partial charge is 0.466 e. The standard InChI is InChI=1S/C21H22N2O4/c1-12-5-8-17(11-13(12)2)27-16-9-6-15(7-10-16)19-18(20(24)26-4)14(3)22-21(25)23-19/h5-11,19H,1-4H3,(H2,22,23,25). The van der Waals surface area contributed by atoms with Crippen LogP contribution in [0.25, 0.3) is 0 Å². The Balaban J connectivity index is 1.85. The van der Waals surface area contributed by atoms with Crippen LogP contribution < -0.4 is 15.4 Å². The maximum absolute atomic E-state index is 12.1. The zero-order valence-corrected chi connectivity index (χ0v) is 15.8. The van der Waals surface area contributed by atoms with Crippen molar-refractivity contribution in [1.82, 2.24) is 10.6 Å². The lowest BCUT2D eigenvalue weighted by Gasteiger charge is -2.27. The van der Waals surface area contributed by atoms with Gasteiger partial charge in [-0.2, -0.15) is 0 Å². The van der Waals surface area contributed by atoms with Gasteiger partial charge in [0.25, 0.3) is 0 Å². The van der Waals surface area contributed by atoms with Gasteiger partial charge in [-0.05, 0) is 61.7 Å². The summed E-state index contributed by atoms with van der Waals surface area (Å²) < 4.78 is 10.7. The topological polar surface area (TPSA) is 76.7 Å². The van der Waals surface area contributed by atoms with E-state index in [0.29, 0.717) is 17.0 Å². The Morgan fingerprint density at radius 3 is 2.26 bits per heavy atom. The van der Waals surface area contributed by atoms with E-state index in [9.17, 15) is 9.59 Å². The van der Waals surface area contributed by atoms with E-state index in [-0.39, 0.29) is 6.03 Å². The van der Waals surface area contributed by atoms with Gasteiger partial charge in [0.05, 0.1) is 18.7 Å². The second-order valence-electron chi connectivity index (χ2n) is 6.48. The molecule has 0 saturated carbocycles. The van der Waals surface area contributed by atoms with Crippen LogP contribution in [0.5, 0.6) is 11.5 Å². The molecule has 3 rings (SSSR count). The zero-order chi connectivity index (χ0) is 19.6. The molecule has 2 N–H and O–H groups in total. The molecular weight excluding hydrogens is 344 g/mol. The van der Waals surface area contributed by atoms with Crippen molar-refractivity contribution in [2.45, 2.75) is 26.8 Å². The van der Waals surface area contributed by atoms with Gasteiger partial charge in [0, 0.05) is 5.70 Å². The lowest BCUT2D eigenvalue weighted by molar-refractivity contribution is -0.136. The summed E-state index contributed by atoms with van der Waals surface area (Å²) in [6, 6.07) is 12.2. The van der Waals surface area contributed by atoms with Crippen molar-refractivity contribution in [1.29, 1.82) is 0 Å². The highest BCUT2D eigenvalue weighted by atomic mass is 16.5. The highest BCUT2D eigenvalue weighted by Gasteiger charge is 2.31.